The van der Waals surface area contributed by atoms with Gasteiger partial charge in [-0.1, -0.05) is 0 Å². The van der Waals surface area contributed by atoms with Gasteiger partial charge in [0.25, 0.3) is 11.8 Å². The fraction of sp³-hybridized carbons (Fsp3) is 0.167. The van der Waals surface area contributed by atoms with Gasteiger partial charge in [0.15, 0.2) is 0 Å². The van der Waals surface area contributed by atoms with Crippen LogP contribution in [0.15, 0.2) is 29.3 Å². The van der Waals surface area contributed by atoms with Crippen molar-refractivity contribution in [1.82, 2.24) is 15.0 Å². The smallest absolute Gasteiger partial charge is 0.322 e. The van der Waals surface area contributed by atoms with E-state index in [4.69, 9.17) is 5.11 Å². The van der Waals surface area contributed by atoms with E-state index in [2.05, 4.69) is 20.3 Å². The van der Waals surface area contributed by atoms with Crippen molar-refractivity contribution in [2.45, 2.75) is 11.8 Å². The zero-order valence-electron chi connectivity index (χ0n) is 15.5. The highest BCUT2D eigenvalue weighted by Gasteiger charge is 2.27. The zero-order chi connectivity index (χ0) is 21.3. The van der Waals surface area contributed by atoms with Crippen molar-refractivity contribution in [1.29, 1.82) is 0 Å². The number of H-pyrrole nitrogens is 1. The van der Waals surface area contributed by atoms with Gasteiger partial charge < -0.3 is 20.7 Å². The van der Waals surface area contributed by atoms with Crippen LogP contribution in [0.3, 0.4) is 0 Å². The van der Waals surface area contributed by atoms with Crippen molar-refractivity contribution in [3.8, 4) is 0 Å². The maximum Gasteiger partial charge on any atom is 0.322 e. The molecule has 2 amide bonds. The molecule has 5 N–H and O–H groups in total. The lowest BCUT2D eigenvalue weighted by molar-refractivity contribution is -0.135. The number of carboxylic acid groups (broad SMARTS) is 1. The van der Waals surface area contributed by atoms with Crippen LogP contribution in [0, 0.1) is 6.92 Å². The van der Waals surface area contributed by atoms with Crippen molar-refractivity contribution in [3.63, 3.8) is 0 Å². The average Bonchev–Trinajstić information content (AvgIpc) is 3.19. The Morgan fingerprint density at radius 1 is 1.28 bits per heavy atom. The van der Waals surface area contributed by atoms with Crippen LogP contribution in [-0.2, 0) is 19.6 Å². The Hall–Kier alpha value is -3.44. The van der Waals surface area contributed by atoms with Gasteiger partial charge in [0.2, 0.25) is 10.0 Å². The predicted molar refractivity (Wildman–Crippen MR) is 105 cm³/mol. The van der Waals surface area contributed by atoms with Gasteiger partial charge in [0.05, 0.1) is 16.0 Å². The monoisotopic (exact) mass is 418 g/mol. The van der Waals surface area contributed by atoms with Crippen LogP contribution < -0.4 is 15.4 Å². The van der Waals surface area contributed by atoms with Crippen LogP contribution >= 0.6 is 0 Å². The minimum Gasteiger partial charge on any atom is -0.480 e. The summed E-state index contributed by atoms with van der Waals surface area (Å²) in [6.07, 6.45) is 2.93. The average molecular weight is 418 g/mol. The normalized spacial score (nSPS) is 14.6. The lowest BCUT2D eigenvalue weighted by Crippen LogP contribution is -2.29. The van der Waals surface area contributed by atoms with E-state index in [1.165, 1.54) is 37.5 Å². The van der Waals surface area contributed by atoms with Crippen molar-refractivity contribution >= 4 is 45.1 Å². The SMILES string of the molecule is CNS(=O)(=O)c1ccc2c(c1)/C(=C/c1[nH]cc(C(=O)NCC(=O)O)c1C)C(=O)N2. The molecule has 0 fully saturated rings. The van der Waals surface area contributed by atoms with E-state index in [-0.39, 0.29) is 16.0 Å². The number of carbonyl (C=O) groups is 3. The summed E-state index contributed by atoms with van der Waals surface area (Å²) in [5.74, 6) is -2.14. The molecule has 0 spiro atoms. The maximum absolute atomic E-state index is 12.4. The first kappa shape index (κ1) is 20.3. The molecular formula is C18H18N4O6S. The van der Waals surface area contributed by atoms with Crippen LogP contribution in [0.4, 0.5) is 5.69 Å². The molecule has 10 nitrogen and oxygen atoms in total. The van der Waals surface area contributed by atoms with Crippen molar-refractivity contribution in [2.24, 2.45) is 0 Å². The molecule has 1 aliphatic heterocycles. The number of aromatic amines is 1. The number of aromatic nitrogens is 1. The van der Waals surface area contributed by atoms with E-state index in [1.807, 2.05) is 0 Å². The predicted octanol–water partition coefficient (Wildman–Crippen LogP) is 0.538. The minimum atomic E-state index is -3.69. The summed E-state index contributed by atoms with van der Waals surface area (Å²) < 4.78 is 26.3. The lowest BCUT2D eigenvalue weighted by Gasteiger charge is -2.05. The van der Waals surface area contributed by atoms with Crippen LogP contribution in [0.25, 0.3) is 11.6 Å². The molecule has 0 unspecified atom stereocenters. The quantitative estimate of drug-likeness (QED) is 0.431. The topological polar surface area (TPSA) is 157 Å². The molecule has 1 aromatic heterocycles. The number of hydrogen-bond acceptors (Lipinski definition) is 5. The first-order valence-electron chi connectivity index (χ1n) is 8.43. The third-order valence-electron chi connectivity index (χ3n) is 4.47. The van der Waals surface area contributed by atoms with Gasteiger partial charge in [-0.15, -0.1) is 0 Å². The van der Waals surface area contributed by atoms with Crippen molar-refractivity contribution < 1.29 is 27.9 Å². The van der Waals surface area contributed by atoms with Gasteiger partial charge in [-0.05, 0) is 43.8 Å². The molecule has 0 atom stereocenters. The van der Waals surface area contributed by atoms with E-state index in [1.54, 1.807) is 6.92 Å². The molecule has 0 saturated heterocycles. The summed E-state index contributed by atoms with van der Waals surface area (Å²) in [5.41, 5.74) is 2.34. The number of benzene rings is 1. The van der Waals surface area contributed by atoms with Gasteiger partial charge in [-0.25, -0.2) is 13.1 Å². The van der Waals surface area contributed by atoms with E-state index in [0.29, 0.717) is 22.5 Å². The molecule has 2 heterocycles. The van der Waals surface area contributed by atoms with Crippen molar-refractivity contribution in [2.75, 3.05) is 18.9 Å². The lowest BCUT2D eigenvalue weighted by atomic mass is 10.0. The van der Waals surface area contributed by atoms with Gasteiger partial charge in [0.1, 0.15) is 6.54 Å². The highest BCUT2D eigenvalue weighted by atomic mass is 32.2. The number of fused-ring (bicyclic) bond motifs is 1. The Labute approximate surface area is 166 Å². The van der Waals surface area contributed by atoms with Gasteiger partial charge in [-0.3, -0.25) is 14.4 Å². The summed E-state index contributed by atoms with van der Waals surface area (Å²) in [7, 11) is -2.39. The summed E-state index contributed by atoms with van der Waals surface area (Å²) in [6.45, 7) is 1.13. The zero-order valence-corrected chi connectivity index (χ0v) is 16.3. The Kier molecular flexibility index (Phi) is 5.27. The molecule has 11 heteroatoms. The van der Waals surface area contributed by atoms with E-state index >= 15 is 0 Å². The molecule has 29 heavy (non-hydrogen) atoms. The summed E-state index contributed by atoms with van der Waals surface area (Å²) in [6, 6.07) is 4.28. The Morgan fingerprint density at radius 3 is 2.66 bits per heavy atom. The molecular weight excluding hydrogens is 400 g/mol. The third-order valence-corrected chi connectivity index (χ3v) is 5.88. The van der Waals surface area contributed by atoms with Crippen molar-refractivity contribution in [3.05, 3.63) is 46.8 Å². The highest BCUT2D eigenvalue weighted by Crippen LogP contribution is 2.35. The molecule has 0 bridgehead atoms. The number of aliphatic carboxylic acids is 1. The first-order valence-corrected chi connectivity index (χ1v) is 9.91. The third kappa shape index (κ3) is 3.91. The molecule has 152 valence electrons. The number of carboxylic acids is 1. The minimum absolute atomic E-state index is 0.0121. The number of carbonyl (C=O) groups excluding carboxylic acids is 2. The van der Waals surface area contributed by atoms with E-state index in [9.17, 15) is 22.8 Å². The fourth-order valence-corrected chi connectivity index (χ4v) is 3.64. The van der Waals surface area contributed by atoms with E-state index < -0.39 is 34.4 Å². The van der Waals surface area contributed by atoms with Crippen LogP contribution in [0.1, 0.15) is 27.2 Å². The Morgan fingerprint density at radius 2 is 2.00 bits per heavy atom. The molecule has 0 aliphatic carbocycles. The number of hydrogen-bond donors (Lipinski definition) is 5. The molecule has 0 saturated carbocycles. The Balaban J connectivity index is 1.99. The molecule has 1 aliphatic rings. The second-order valence-electron chi connectivity index (χ2n) is 6.24. The van der Waals surface area contributed by atoms with E-state index in [0.717, 1.165) is 0 Å². The number of rotatable bonds is 6. The highest BCUT2D eigenvalue weighted by molar-refractivity contribution is 7.89. The van der Waals surface area contributed by atoms with Crippen LogP contribution in [0.2, 0.25) is 0 Å². The first-order chi connectivity index (χ1) is 13.6. The van der Waals surface area contributed by atoms with Gasteiger partial charge >= 0.3 is 5.97 Å². The summed E-state index contributed by atoms with van der Waals surface area (Å²) in [5, 5.41) is 13.6. The van der Waals surface area contributed by atoms with Gasteiger partial charge in [-0.2, -0.15) is 0 Å². The molecule has 0 radical (unpaired) electrons. The second-order valence-corrected chi connectivity index (χ2v) is 8.13. The molecule has 1 aromatic carbocycles. The molecule has 3 rings (SSSR count). The number of anilines is 1. The second kappa shape index (κ2) is 7.53. The largest absolute Gasteiger partial charge is 0.480 e. The standard InChI is InChI=1S/C18H18N4O6S/c1-9-13(17(25)21-8-16(23)24)7-20-15(9)6-12-11-5-10(29(27,28)19-2)3-4-14(11)22-18(12)26/h3-7,19-20H,8H2,1-2H3,(H,21,25)(H,22,26)(H,23,24)/b12-6-. The fourth-order valence-electron chi connectivity index (χ4n) is 2.89. The van der Waals surface area contributed by atoms with Crippen LogP contribution in [-0.4, -0.2) is 49.9 Å². The number of amides is 2. The van der Waals surface area contributed by atoms with Crippen LogP contribution in [0.5, 0.6) is 0 Å². The number of nitrogens with one attached hydrogen (secondary N) is 4. The molecule has 2 aromatic rings. The summed E-state index contributed by atoms with van der Waals surface area (Å²) in [4.78, 5) is 38.0. The summed E-state index contributed by atoms with van der Waals surface area (Å²) >= 11 is 0. The Bertz CT molecular complexity index is 1160. The van der Waals surface area contributed by atoms with Gasteiger partial charge in [0, 0.05) is 23.1 Å². The maximum atomic E-state index is 12.4. The number of sulfonamides is 1.